The minimum absolute atomic E-state index is 0.0119. The molecule has 1 saturated heterocycles. The van der Waals surface area contributed by atoms with Crippen molar-refractivity contribution in [3.05, 3.63) is 70.5 Å². The Kier molecular flexibility index (Phi) is 6.63. The largest absolute Gasteiger partial charge is 0.409 e. The van der Waals surface area contributed by atoms with E-state index in [0.717, 1.165) is 17.3 Å². The van der Waals surface area contributed by atoms with Gasteiger partial charge < -0.3 is 9.32 Å². The average molecular weight is 526 g/mol. The van der Waals surface area contributed by atoms with Gasteiger partial charge in [-0.2, -0.15) is 5.10 Å². The van der Waals surface area contributed by atoms with Crippen molar-refractivity contribution in [2.45, 2.75) is 24.2 Å². The number of nitrogens with zero attached hydrogens (tertiary/aromatic N) is 5. The smallest absolute Gasteiger partial charge is 0.277 e. The number of carbonyl (C=O) groups is 1. The monoisotopic (exact) mass is 525 g/mol. The van der Waals surface area contributed by atoms with Gasteiger partial charge in [-0.05, 0) is 18.1 Å². The second-order valence-electron chi connectivity index (χ2n) is 8.57. The SMILES string of the molecule is CN(C(=O)CSc1nnc(-c2nn(Cc3ccccc3)c(=O)c3ccccc23)o1)[C@@H]1CCS(=O)(=O)C1. The molecule has 10 nitrogen and oxygen atoms in total. The molecule has 0 N–H and O–H groups in total. The molecule has 1 aliphatic rings. The van der Waals surface area contributed by atoms with Gasteiger partial charge in [0, 0.05) is 18.5 Å². The molecular weight excluding hydrogens is 502 g/mol. The van der Waals surface area contributed by atoms with Crippen LogP contribution in [0.3, 0.4) is 0 Å². The van der Waals surface area contributed by atoms with Gasteiger partial charge in [0.1, 0.15) is 0 Å². The summed E-state index contributed by atoms with van der Waals surface area (Å²) in [6.07, 6.45) is 0.442. The molecule has 0 radical (unpaired) electrons. The summed E-state index contributed by atoms with van der Waals surface area (Å²) in [5.74, 6) is 0.0290. The predicted molar refractivity (Wildman–Crippen MR) is 135 cm³/mol. The molecule has 0 aliphatic carbocycles. The van der Waals surface area contributed by atoms with Crippen LogP contribution in [0.15, 0.2) is 69.0 Å². The third kappa shape index (κ3) is 5.05. The number of hydrogen-bond acceptors (Lipinski definition) is 9. The van der Waals surface area contributed by atoms with Crippen molar-refractivity contribution in [3.8, 4) is 11.6 Å². The highest BCUT2D eigenvalue weighted by Crippen LogP contribution is 2.27. The van der Waals surface area contributed by atoms with Crippen LogP contribution < -0.4 is 5.56 Å². The van der Waals surface area contributed by atoms with E-state index < -0.39 is 9.84 Å². The van der Waals surface area contributed by atoms with Crippen LogP contribution in [0.4, 0.5) is 0 Å². The Bertz CT molecular complexity index is 1580. The third-order valence-corrected chi connectivity index (χ3v) is 8.67. The molecule has 5 rings (SSSR count). The van der Waals surface area contributed by atoms with E-state index in [0.29, 0.717) is 22.9 Å². The lowest BCUT2D eigenvalue weighted by Crippen LogP contribution is -2.38. The van der Waals surface area contributed by atoms with Gasteiger partial charge in [0.25, 0.3) is 16.7 Å². The number of carbonyl (C=O) groups excluding carboxylic acids is 1. The van der Waals surface area contributed by atoms with E-state index in [1.807, 2.05) is 30.3 Å². The maximum Gasteiger partial charge on any atom is 0.277 e. The maximum atomic E-state index is 13.1. The van der Waals surface area contributed by atoms with Gasteiger partial charge in [-0.15, -0.1) is 10.2 Å². The lowest BCUT2D eigenvalue weighted by atomic mass is 10.1. The van der Waals surface area contributed by atoms with Crippen molar-refractivity contribution in [1.82, 2.24) is 24.9 Å². The molecule has 1 amide bonds. The van der Waals surface area contributed by atoms with Crippen molar-refractivity contribution in [2.75, 3.05) is 24.3 Å². The van der Waals surface area contributed by atoms with E-state index in [2.05, 4.69) is 15.3 Å². The van der Waals surface area contributed by atoms with Crippen molar-refractivity contribution in [1.29, 1.82) is 0 Å². The van der Waals surface area contributed by atoms with E-state index in [9.17, 15) is 18.0 Å². The highest BCUT2D eigenvalue weighted by Gasteiger charge is 2.32. The van der Waals surface area contributed by atoms with Crippen LogP contribution in [0.25, 0.3) is 22.4 Å². The van der Waals surface area contributed by atoms with Crippen molar-refractivity contribution in [2.24, 2.45) is 0 Å². The molecule has 0 unspecified atom stereocenters. The molecule has 3 heterocycles. The first kappa shape index (κ1) is 24.2. The number of thioether (sulfide) groups is 1. The van der Waals surface area contributed by atoms with E-state index >= 15 is 0 Å². The molecule has 1 aliphatic heterocycles. The fraction of sp³-hybridized carbons (Fsp3) is 0.292. The minimum Gasteiger partial charge on any atom is -0.409 e. The van der Waals surface area contributed by atoms with Gasteiger partial charge in [-0.1, -0.05) is 60.3 Å². The lowest BCUT2D eigenvalue weighted by Gasteiger charge is -2.22. The van der Waals surface area contributed by atoms with Crippen molar-refractivity contribution >= 4 is 38.3 Å². The van der Waals surface area contributed by atoms with E-state index in [4.69, 9.17) is 4.42 Å². The van der Waals surface area contributed by atoms with Gasteiger partial charge in [0.15, 0.2) is 15.5 Å². The topological polar surface area (TPSA) is 128 Å². The Morgan fingerprint density at radius 1 is 1.11 bits per heavy atom. The fourth-order valence-corrected chi connectivity index (χ4v) is 6.59. The van der Waals surface area contributed by atoms with Gasteiger partial charge in [0.05, 0.1) is 29.2 Å². The zero-order valence-electron chi connectivity index (χ0n) is 19.4. The Hall–Kier alpha value is -3.51. The molecule has 2 aromatic heterocycles. The van der Waals surface area contributed by atoms with Crippen LogP contribution in [0.1, 0.15) is 12.0 Å². The molecule has 36 heavy (non-hydrogen) atoms. The highest BCUT2D eigenvalue weighted by molar-refractivity contribution is 7.99. The summed E-state index contributed by atoms with van der Waals surface area (Å²) in [6.45, 7) is 0.283. The first-order chi connectivity index (χ1) is 17.3. The number of amides is 1. The summed E-state index contributed by atoms with van der Waals surface area (Å²) < 4.78 is 30.6. The number of rotatable bonds is 7. The van der Waals surface area contributed by atoms with Crippen LogP contribution >= 0.6 is 11.8 Å². The average Bonchev–Trinajstić information content (AvgIpc) is 3.50. The fourth-order valence-electron chi connectivity index (χ4n) is 4.13. The number of hydrogen-bond donors (Lipinski definition) is 0. The normalized spacial score (nSPS) is 16.9. The third-order valence-electron chi connectivity index (χ3n) is 6.12. The second kappa shape index (κ2) is 9.86. The molecule has 4 aromatic rings. The first-order valence-electron chi connectivity index (χ1n) is 11.3. The molecule has 12 heteroatoms. The van der Waals surface area contributed by atoms with Crippen LogP contribution in [0.5, 0.6) is 0 Å². The summed E-state index contributed by atoms with van der Waals surface area (Å²) in [7, 11) is -1.48. The summed E-state index contributed by atoms with van der Waals surface area (Å²) in [5, 5.41) is 13.9. The van der Waals surface area contributed by atoms with Gasteiger partial charge in [-0.3, -0.25) is 9.59 Å². The minimum atomic E-state index is -3.09. The molecular formula is C24H23N5O5S2. The van der Waals surface area contributed by atoms with E-state index in [1.54, 1.807) is 31.3 Å². The summed E-state index contributed by atoms with van der Waals surface area (Å²) in [5.41, 5.74) is 1.07. The van der Waals surface area contributed by atoms with Crippen molar-refractivity contribution < 1.29 is 17.6 Å². The zero-order valence-corrected chi connectivity index (χ0v) is 21.0. The number of benzene rings is 2. The van der Waals surface area contributed by atoms with Crippen LogP contribution in [0, 0.1) is 0 Å². The molecule has 186 valence electrons. The van der Waals surface area contributed by atoms with E-state index in [-0.39, 0.29) is 52.4 Å². The highest BCUT2D eigenvalue weighted by atomic mass is 32.2. The quantitative estimate of drug-likeness (QED) is 0.334. The van der Waals surface area contributed by atoms with Crippen molar-refractivity contribution in [3.63, 3.8) is 0 Å². The molecule has 0 bridgehead atoms. The molecule has 1 atom stereocenters. The summed E-state index contributed by atoms with van der Waals surface area (Å²) in [6, 6.07) is 16.3. The number of aromatic nitrogens is 4. The molecule has 2 aromatic carbocycles. The molecule has 1 fully saturated rings. The maximum absolute atomic E-state index is 13.1. The Morgan fingerprint density at radius 3 is 2.56 bits per heavy atom. The first-order valence-corrected chi connectivity index (χ1v) is 14.1. The van der Waals surface area contributed by atoms with Crippen LogP contribution in [-0.4, -0.2) is 69.6 Å². The zero-order chi connectivity index (χ0) is 25.3. The Balaban J connectivity index is 1.37. The Labute approximate surface area is 211 Å². The number of fused-ring (bicyclic) bond motifs is 1. The lowest BCUT2D eigenvalue weighted by molar-refractivity contribution is -0.128. The predicted octanol–water partition coefficient (Wildman–Crippen LogP) is 2.23. The molecule has 0 saturated carbocycles. The van der Waals surface area contributed by atoms with Gasteiger partial charge in [-0.25, -0.2) is 13.1 Å². The van der Waals surface area contributed by atoms with Gasteiger partial charge in [0.2, 0.25) is 5.91 Å². The van der Waals surface area contributed by atoms with Gasteiger partial charge >= 0.3 is 0 Å². The summed E-state index contributed by atoms with van der Waals surface area (Å²) in [4.78, 5) is 27.1. The van der Waals surface area contributed by atoms with E-state index in [1.165, 1.54) is 9.58 Å². The van der Waals surface area contributed by atoms with Crippen LogP contribution in [-0.2, 0) is 21.2 Å². The number of sulfone groups is 1. The second-order valence-corrected chi connectivity index (χ2v) is 11.7. The van der Waals surface area contributed by atoms with Crippen LogP contribution in [0.2, 0.25) is 0 Å². The standard InChI is InChI=1S/C24H23N5O5S2/c1-28(17-11-12-36(32,33)15-17)20(30)14-35-24-26-25-22(34-24)21-18-9-5-6-10-19(18)23(31)29(27-21)13-16-7-3-2-4-8-16/h2-10,17H,11-15H2,1H3/t17-/m1/s1. The molecule has 0 spiro atoms. The summed E-state index contributed by atoms with van der Waals surface area (Å²) >= 11 is 1.07. The Morgan fingerprint density at radius 2 is 1.83 bits per heavy atom.